The molecule has 0 saturated heterocycles. The molecule has 3 rings (SSSR count). The van der Waals surface area contributed by atoms with E-state index in [9.17, 15) is 0 Å². The van der Waals surface area contributed by atoms with Gasteiger partial charge >= 0.3 is 0 Å². The van der Waals surface area contributed by atoms with E-state index in [1.807, 2.05) is 0 Å². The van der Waals surface area contributed by atoms with Crippen LogP contribution in [0.15, 0.2) is 48.5 Å². The minimum Gasteiger partial charge on any atom is -0.371 e. The monoisotopic (exact) mass is 266 g/mol. The first-order chi connectivity index (χ1) is 9.75. The fraction of sp³-hybridized carbons (Fsp3) is 0.333. The summed E-state index contributed by atoms with van der Waals surface area (Å²) in [5, 5.41) is 0. The van der Waals surface area contributed by atoms with Crippen LogP contribution in [-0.2, 0) is 12.8 Å². The topological polar surface area (TPSA) is 29.3 Å². The molecule has 1 atom stereocenters. The molecule has 0 aromatic heterocycles. The zero-order valence-electron chi connectivity index (χ0n) is 12.0. The molecule has 2 nitrogen and oxygen atoms in total. The maximum absolute atomic E-state index is 6.12. The number of anilines is 1. The van der Waals surface area contributed by atoms with Crippen LogP contribution < -0.4 is 10.6 Å². The van der Waals surface area contributed by atoms with E-state index in [0.29, 0.717) is 0 Å². The zero-order chi connectivity index (χ0) is 13.9. The summed E-state index contributed by atoms with van der Waals surface area (Å²) < 4.78 is 0. The van der Waals surface area contributed by atoms with Gasteiger partial charge in [0.05, 0.1) is 0 Å². The highest BCUT2D eigenvalue weighted by Gasteiger charge is 2.17. The number of fused-ring (bicyclic) bond motifs is 1. The summed E-state index contributed by atoms with van der Waals surface area (Å²) in [5.74, 6) is 0. The zero-order valence-corrected chi connectivity index (χ0v) is 12.0. The second kappa shape index (κ2) is 5.68. The van der Waals surface area contributed by atoms with Crippen LogP contribution in [-0.4, -0.2) is 13.1 Å². The quantitative estimate of drug-likeness (QED) is 0.903. The molecule has 0 bridgehead atoms. The van der Waals surface area contributed by atoms with Gasteiger partial charge in [0, 0.05) is 24.8 Å². The Hall–Kier alpha value is -1.80. The third-order valence-corrected chi connectivity index (χ3v) is 4.19. The molecule has 0 fully saturated rings. The predicted molar refractivity (Wildman–Crippen MR) is 85.1 cm³/mol. The number of nitrogens with two attached hydrogens (primary N) is 1. The second-order valence-electron chi connectivity index (χ2n) is 5.60. The van der Waals surface area contributed by atoms with Crippen LogP contribution in [0, 0.1) is 0 Å². The molecule has 2 N–H and O–H groups in total. The average molecular weight is 266 g/mol. The Balaban J connectivity index is 1.87. The molecule has 1 heterocycles. The van der Waals surface area contributed by atoms with E-state index in [1.54, 1.807) is 0 Å². The Morgan fingerprint density at radius 3 is 2.05 bits per heavy atom. The lowest BCUT2D eigenvalue weighted by molar-refractivity contribution is 0.767. The van der Waals surface area contributed by atoms with Crippen molar-refractivity contribution in [2.45, 2.75) is 25.8 Å². The average Bonchev–Trinajstić information content (AvgIpc) is 2.70. The lowest BCUT2D eigenvalue weighted by Crippen LogP contribution is -2.28. The highest BCUT2D eigenvalue weighted by atomic mass is 15.1. The second-order valence-corrected chi connectivity index (χ2v) is 5.60. The molecule has 2 aromatic rings. The largest absolute Gasteiger partial charge is 0.371 e. The van der Waals surface area contributed by atoms with Crippen molar-refractivity contribution in [1.82, 2.24) is 0 Å². The first kappa shape index (κ1) is 13.2. The number of benzene rings is 2. The molecule has 0 saturated carbocycles. The van der Waals surface area contributed by atoms with Gasteiger partial charge in [0.2, 0.25) is 0 Å². The maximum Gasteiger partial charge on any atom is 0.0414 e. The van der Waals surface area contributed by atoms with Gasteiger partial charge in [-0.1, -0.05) is 42.5 Å². The van der Waals surface area contributed by atoms with Crippen LogP contribution in [0.5, 0.6) is 0 Å². The fourth-order valence-electron chi connectivity index (χ4n) is 3.07. The Labute approximate surface area is 121 Å². The highest BCUT2D eigenvalue weighted by molar-refractivity contribution is 5.55. The van der Waals surface area contributed by atoms with Crippen LogP contribution in [0.4, 0.5) is 5.69 Å². The molecular formula is C18H22N2. The van der Waals surface area contributed by atoms with Crippen LogP contribution in [0.25, 0.3) is 0 Å². The third kappa shape index (κ3) is 2.56. The number of rotatable bonds is 2. The van der Waals surface area contributed by atoms with Crippen molar-refractivity contribution >= 4 is 5.69 Å². The first-order valence-corrected chi connectivity index (χ1v) is 7.42. The molecule has 0 spiro atoms. The van der Waals surface area contributed by atoms with E-state index in [-0.39, 0.29) is 6.04 Å². The van der Waals surface area contributed by atoms with Gasteiger partial charge < -0.3 is 10.6 Å². The number of nitrogens with zero attached hydrogens (tertiary/aromatic N) is 1. The maximum atomic E-state index is 6.12. The van der Waals surface area contributed by atoms with Gasteiger partial charge in [-0.2, -0.15) is 0 Å². The molecular weight excluding hydrogens is 244 g/mol. The molecule has 0 unspecified atom stereocenters. The van der Waals surface area contributed by atoms with Gasteiger partial charge in [-0.15, -0.1) is 0 Å². The number of hydrogen-bond acceptors (Lipinski definition) is 2. The molecule has 2 heteroatoms. The van der Waals surface area contributed by atoms with E-state index in [2.05, 4.69) is 60.4 Å². The van der Waals surface area contributed by atoms with Gasteiger partial charge in [-0.3, -0.25) is 0 Å². The van der Waals surface area contributed by atoms with Crippen molar-refractivity contribution in [1.29, 1.82) is 0 Å². The molecule has 1 aliphatic heterocycles. The molecule has 0 amide bonds. The molecule has 1 aliphatic rings. The first-order valence-electron chi connectivity index (χ1n) is 7.42. The van der Waals surface area contributed by atoms with Crippen LogP contribution in [0.2, 0.25) is 0 Å². The lowest BCUT2D eigenvalue weighted by Gasteiger charge is -2.26. The van der Waals surface area contributed by atoms with Gasteiger partial charge in [0.25, 0.3) is 0 Å². The van der Waals surface area contributed by atoms with Crippen molar-refractivity contribution in [2.24, 2.45) is 5.73 Å². The van der Waals surface area contributed by atoms with E-state index in [1.165, 1.54) is 22.4 Å². The summed E-state index contributed by atoms with van der Waals surface area (Å²) in [7, 11) is 0. The minimum atomic E-state index is 0.0804. The molecule has 20 heavy (non-hydrogen) atoms. The normalized spacial score (nSPS) is 16.4. The minimum absolute atomic E-state index is 0.0804. The van der Waals surface area contributed by atoms with Crippen LogP contribution in [0.3, 0.4) is 0 Å². The molecule has 104 valence electrons. The molecule has 2 aromatic carbocycles. The van der Waals surface area contributed by atoms with Crippen LogP contribution in [0.1, 0.15) is 29.7 Å². The Kier molecular flexibility index (Phi) is 3.75. The summed E-state index contributed by atoms with van der Waals surface area (Å²) in [6, 6.07) is 17.4. The van der Waals surface area contributed by atoms with Crippen LogP contribution >= 0.6 is 0 Å². The van der Waals surface area contributed by atoms with Gasteiger partial charge in [-0.05, 0) is 42.5 Å². The lowest BCUT2D eigenvalue weighted by atomic mass is 10.0. The van der Waals surface area contributed by atoms with Gasteiger partial charge in [0.15, 0.2) is 0 Å². The third-order valence-electron chi connectivity index (χ3n) is 4.19. The number of hydrogen-bond donors (Lipinski definition) is 1. The predicted octanol–water partition coefficient (Wildman–Crippen LogP) is 3.31. The Morgan fingerprint density at radius 1 is 0.900 bits per heavy atom. The van der Waals surface area contributed by atoms with E-state index in [4.69, 9.17) is 5.73 Å². The van der Waals surface area contributed by atoms with Gasteiger partial charge in [-0.25, -0.2) is 0 Å². The highest BCUT2D eigenvalue weighted by Crippen LogP contribution is 2.27. The molecule has 0 radical (unpaired) electrons. The summed E-state index contributed by atoms with van der Waals surface area (Å²) in [5.41, 5.74) is 11.7. The van der Waals surface area contributed by atoms with E-state index >= 15 is 0 Å². The number of para-hydroxylation sites is 1. The van der Waals surface area contributed by atoms with Gasteiger partial charge in [0.1, 0.15) is 0 Å². The summed E-state index contributed by atoms with van der Waals surface area (Å²) in [6.45, 7) is 4.20. The smallest absolute Gasteiger partial charge is 0.0414 e. The van der Waals surface area contributed by atoms with Crippen molar-refractivity contribution < 1.29 is 0 Å². The van der Waals surface area contributed by atoms with Crippen molar-refractivity contribution in [3.05, 3.63) is 65.2 Å². The fourth-order valence-corrected chi connectivity index (χ4v) is 3.07. The van der Waals surface area contributed by atoms with E-state index < -0.39 is 0 Å². The van der Waals surface area contributed by atoms with Crippen molar-refractivity contribution in [3.8, 4) is 0 Å². The van der Waals surface area contributed by atoms with Crippen molar-refractivity contribution in [2.75, 3.05) is 18.0 Å². The summed E-state index contributed by atoms with van der Waals surface area (Å²) in [4.78, 5) is 2.48. The summed E-state index contributed by atoms with van der Waals surface area (Å²) in [6.07, 6.45) is 2.23. The Morgan fingerprint density at radius 2 is 1.45 bits per heavy atom. The molecule has 0 aliphatic carbocycles. The standard InChI is InChI=1S/C18H22N2/c1-14(19)17-8-4-5-9-18(17)20-12-10-15-6-2-3-7-16(15)11-13-20/h2-9,14H,10-13,19H2,1H3/t14-/m1/s1. The van der Waals surface area contributed by atoms with E-state index in [0.717, 1.165) is 25.9 Å². The SMILES string of the molecule is C[C@@H](N)c1ccccc1N1CCc2ccccc2CC1. The summed E-state index contributed by atoms with van der Waals surface area (Å²) >= 11 is 0. The Bertz CT molecular complexity index is 562. The van der Waals surface area contributed by atoms with Crippen molar-refractivity contribution in [3.63, 3.8) is 0 Å².